The minimum absolute atomic E-state index is 0. The number of aryl methyl sites for hydroxylation is 1. The third kappa shape index (κ3) is 6.66. The van der Waals surface area contributed by atoms with Gasteiger partial charge in [0.15, 0.2) is 5.96 Å². The number of nitrogens with zero attached hydrogens (tertiary/aromatic N) is 2. The molecule has 1 aliphatic rings. The molecule has 1 saturated heterocycles. The standard InChI is InChI=1S/C19H30N4O2.HI/c1-14-6-5-7-16(12-14)15(2)13-21-18(20-3)22-17-8-10-23(11-9-17)19(24)25-4;/h5-7,12,15,17H,8-11,13H2,1-4H3,(H2,20,21,22);1H. The zero-order chi connectivity index (χ0) is 18.2. The molecule has 1 aliphatic heterocycles. The van der Waals surface area contributed by atoms with Crippen LogP contribution >= 0.6 is 24.0 Å². The Bertz CT molecular complexity index is 601. The fraction of sp³-hybridized carbons (Fsp3) is 0.579. The van der Waals surface area contributed by atoms with E-state index in [2.05, 4.69) is 53.7 Å². The summed E-state index contributed by atoms with van der Waals surface area (Å²) >= 11 is 0. The fourth-order valence-electron chi connectivity index (χ4n) is 3.07. The van der Waals surface area contributed by atoms with Crippen molar-refractivity contribution in [3.63, 3.8) is 0 Å². The van der Waals surface area contributed by atoms with Crippen LogP contribution in [0.1, 0.15) is 36.8 Å². The van der Waals surface area contributed by atoms with Crippen LogP contribution in [0.3, 0.4) is 0 Å². The van der Waals surface area contributed by atoms with Crippen molar-refractivity contribution < 1.29 is 9.53 Å². The van der Waals surface area contributed by atoms with Crippen molar-refractivity contribution in [2.75, 3.05) is 33.8 Å². The first-order chi connectivity index (χ1) is 12.0. The molecule has 2 rings (SSSR count). The van der Waals surface area contributed by atoms with Gasteiger partial charge in [0.05, 0.1) is 7.11 Å². The topological polar surface area (TPSA) is 66.0 Å². The second kappa shape index (κ2) is 11.3. The number of benzene rings is 1. The largest absolute Gasteiger partial charge is 0.453 e. The number of nitrogens with one attached hydrogen (secondary N) is 2. The van der Waals surface area contributed by atoms with Gasteiger partial charge < -0.3 is 20.3 Å². The minimum Gasteiger partial charge on any atom is -0.453 e. The molecule has 7 heteroatoms. The highest BCUT2D eigenvalue weighted by molar-refractivity contribution is 14.0. The Hall–Kier alpha value is -1.51. The van der Waals surface area contributed by atoms with Gasteiger partial charge in [0.2, 0.25) is 0 Å². The van der Waals surface area contributed by atoms with Gasteiger partial charge in [-0.05, 0) is 31.2 Å². The number of ether oxygens (including phenoxy) is 1. The molecule has 1 fully saturated rings. The lowest BCUT2D eigenvalue weighted by molar-refractivity contribution is 0.111. The molecule has 0 radical (unpaired) electrons. The first kappa shape index (κ1) is 22.5. The zero-order valence-corrected chi connectivity index (χ0v) is 18.4. The molecule has 1 aromatic carbocycles. The van der Waals surface area contributed by atoms with E-state index in [1.165, 1.54) is 18.2 Å². The van der Waals surface area contributed by atoms with Crippen LogP contribution in [-0.2, 0) is 4.74 Å². The summed E-state index contributed by atoms with van der Waals surface area (Å²) in [6, 6.07) is 8.93. The average molecular weight is 474 g/mol. The Kier molecular flexibility index (Phi) is 9.75. The lowest BCUT2D eigenvalue weighted by Gasteiger charge is -2.32. The first-order valence-corrected chi connectivity index (χ1v) is 8.90. The van der Waals surface area contributed by atoms with Gasteiger partial charge in [-0.3, -0.25) is 4.99 Å². The highest BCUT2D eigenvalue weighted by Gasteiger charge is 2.23. The number of halogens is 1. The first-order valence-electron chi connectivity index (χ1n) is 8.90. The van der Waals surface area contributed by atoms with E-state index in [1.54, 1.807) is 11.9 Å². The summed E-state index contributed by atoms with van der Waals surface area (Å²) in [6.07, 6.45) is 1.54. The van der Waals surface area contributed by atoms with E-state index in [4.69, 9.17) is 4.74 Å². The summed E-state index contributed by atoms with van der Waals surface area (Å²) < 4.78 is 4.77. The van der Waals surface area contributed by atoms with E-state index < -0.39 is 0 Å². The Labute approximate surface area is 173 Å². The van der Waals surface area contributed by atoms with Crippen molar-refractivity contribution in [2.45, 2.75) is 38.6 Å². The van der Waals surface area contributed by atoms with Crippen LogP contribution in [0.2, 0.25) is 0 Å². The highest BCUT2D eigenvalue weighted by atomic mass is 127. The number of hydrogen-bond donors (Lipinski definition) is 2. The Morgan fingerprint density at radius 3 is 2.65 bits per heavy atom. The zero-order valence-electron chi connectivity index (χ0n) is 16.1. The van der Waals surface area contributed by atoms with Gasteiger partial charge in [-0.2, -0.15) is 0 Å². The summed E-state index contributed by atoms with van der Waals surface area (Å²) in [4.78, 5) is 17.6. The molecule has 0 aromatic heterocycles. The quantitative estimate of drug-likeness (QED) is 0.400. The third-order valence-electron chi connectivity index (χ3n) is 4.68. The number of carbonyl (C=O) groups excluding carboxylic acids is 1. The molecule has 1 unspecified atom stereocenters. The second-order valence-electron chi connectivity index (χ2n) is 6.64. The van der Waals surface area contributed by atoms with Crippen LogP contribution < -0.4 is 10.6 Å². The summed E-state index contributed by atoms with van der Waals surface area (Å²) in [5.74, 6) is 1.22. The minimum atomic E-state index is -0.243. The van der Waals surface area contributed by atoms with Gasteiger partial charge in [0.1, 0.15) is 0 Å². The maximum atomic E-state index is 11.5. The predicted octanol–water partition coefficient (Wildman–Crippen LogP) is 3.11. The number of rotatable bonds is 4. The van der Waals surface area contributed by atoms with Crippen LogP contribution in [0.15, 0.2) is 29.3 Å². The Morgan fingerprint density at radius 2 is 2.08 bits per heavy atom. The second-order valence-corrected chi connectivity index (χ2v) is 6.64. The molecule has 26 heavy (non-hydrogen) atoms. The summed E-state index contributed by atoms with van der Waals surface area (Å²) in [6.45, 7) is 6.57. The molecule has 0 spiro atoms. The fourth-order valence-corrected chi connectivity index (χ4v) is 3.07. The monoisotopic (exact) mass is 474 g/mol. The van der Waals surface area contributed by atoms with E-state index in [1.807, 2.05) is 0 Å². The molecular formula is C19H31IN4O2. The summed E-state index contributed by atoms with van der Waals surface area (Å²) in [5.41, 5.74) is 2.61. The van der Waals surface area contributed by atoms with Gasteiger partial charge in [-0.1, -0.05) is 36.8 Å². The van der Waals surface area contributed by atoms with E-state index in [0.717, 1.165) is 25.3 Å². The number of carbonyl (C=O) groups is 1. The van der Waals surface area contributed by atoms with Crippen molar-refractivity contribution in [2.24, 2.45) is 4.99 Å². The molecule has 0 bridgehead atoms. The molecule has 1 atom stereocenters. The third-order valence-corrected chi connectivity index (χ3v) is 4.68. The number of aliphatic imine (C=N–C) groups is 1. The average Bonchev–Trinajstić information content (AvgIpc) is 2.64. The number of amides is 1. The van der Waals surface area contributed by atoms with Crippen molar-refractivity contribution in [1.82, 2.24) is 15.5 Å². The normalized spacial score (nSPS) is 16.5. The number of hydrogen-bond acceptors (Lipinski definition) is 3. The summed E-state index contributed by atoms with van der Waals surface area (Å²) in [7, 11) is 3.21. The lowest BCUT2D eigenvalue weighted by atomic mass is 9.99. The molecule has 0 aliphatic carbocycles. The molecule has 6 nitrogen and oxygen atoms in total. The van der Waals surface area contributed by atoms with Crippen molar-refractivity contribution in [1.29, 1.82) is 0 Å². The SMILES string of the molecule is CN=C(NCC(C)c1cccc(C)c1)NC1CCN(C(=O)OC)CC1.I. The number of methoxy groups -OCH3 is 1. The molecule has 1 amide bonds. The Morgan fingerprint density at radius 1 is 1.38 bits per heavy atom. The Balaban J connectivity index is 0.00000338. The van der Waals surface area contributed by atoms with Crippen molar-refractivity contribution >= 4 is 36.0 Å². The maximum absolute atomic E-state index is 11.5. The van der Waals surface area contributed by atoms with Gasteiger partial charge >= 0.3 is 6.09 Å². The van der Waals surface area contributed by atoms with Crippen LogP contribution in [-0.4, -0.2) is 56.8 Å². The molecule has 146 valence electrons. The van der Waals surface area contributed by atoms with Gasteiger partial charge in [0, 0.05) is 32.7 Å². The summed E-state index contributed by atoms with van der Waals surface area (Å²) in [5, 5.41) is 6.87. The number of guanidine groups is 1. The maximum Gasteiger partial charge on any atom is 0.409 e. The number of piperidine rings is 1. The highest BCUT2D eigenvalue weighted by Crippen LogP contribution is 2.15. The van der Waals surface area contributed by atoms with Gasteiger partial charge in [-0.25, -0.2) is 4.79 Å². The van der Waals surface area contributed by atoms with Crippen LogP contribution in [0.4, 0.5) is 4.79 Å². The van der Waals surface area contributed by atoms with E-state index >= 15 is 0 Å². The molecule has 1 heterocycles. The smallest absolute Gasteiger partial charge is 0.409 e. The van der Waals surface area contributed by atoms with E-state index in [-0.39, 0.29) is 30.1 Å². The van der Waals surface area contributed by atoms with Gasteiger partial charge in [0.25, 0.3) is 0 Å². The van der Waals surface area contributed by atoms with E-state index in [9.17, 15) is 4.79 Å². The predicted molar refractivity (Wildman–Crippen MR) is 117 cm³/mol. The molecular weight excluding hydrogens is 443 g/mol. The molecule has 1 aromatic rings. The number of likely N-dealkylation sites (tertiary alicyclic amines) is 1. The van der Waals surface area contributed by atoms with Crippen LogP contribution in [0, 0.1) is 6.92 Å². The lowest BCUT2D eigenvalue weighted by Crippen LogP contribution is -2.50. The molecule has 2 N–H and O–H groups in total. The van der Waals surface area contributed by atoms with Crippen LogP contribution in [0.5, 0.6) is 0 Å². The van der Waals surface area contributed by atoms with Crippen LogP contribution in [0.25, 0.3) is 0 Å². The van der Waals surface area contributed by atoms with Crippen molar-refractivity contribution in [3.8, 4) is 0 Å². The van der Waals surface area contributed by atoms with Gasteiger partial charge in [-0.15, -0.1) is 24.0 Å². The van der Waals surface area contributed by atoms with Crippen molar-refractivity contribution in [3.05, 3.63) is 35.4 Å². The molecule has 0 saturated carbocycles. The van der Waals surface area contributed by atoms with E-state index in [0.29, 0.717) is 25.0 Å².